The van der Waals surface area contributed by atoms with E-state index in [1.807, 2.05) is 6.92 Å². The second-order valence-corrected chi connectivity index (χ2v) is 4.52. The Morgan fingerprint density at radius 2 is 2.13 bits per heavy atom. The molecular weight excluding hydrogens is 188 g/mol. The smallest absolute Gasteiger partial charge is 0.128 e. The molecule has 1 N–H and O–H groups in total. The maximum atomic E-state index is 10.0. The number of hydrogen-bond donors (Lipinski definition) is 1. The highest BCUT2D eigenvalue weighted by Gasteiger charge is 2.24. The molecule has 0 aromatic heterocycles. The van der Waals surface area contributed by atoms with Gasteiger partial charge in [-0.25, -0.2) is 0 Å². The van der Waals surface area contributed by atoms with E-state index in [1.165, 1.54) is 5.56 Å². The lowest BCUT2D eigenvalue weighted by atomic mass is 9.89. The van der Waals surface area contributed by atoms with Crippen molar-refractivity contribution in [1.29, 1.82) is 0 Å². The number of ether oxygens (including phenoxy) is 1. The molecule has 0 saturated heterocycles. The lowest BCUT2D eigenvalue weighted by molar-refractivity contribution is 0.113. The van der Waals surface area contributed by atoms with Crippen molar-refractivity contribution in [3.63, 3.8) is 0 Å². The zero-order valence-corrected chi connectivity index (χ0v) is 9.58. The molecule has 15 heavy (non-hydrogen) atoms. The summed E-state index contributed by atoms with van der Waals surface area (Å²) in [4.78, 5) is 0. The fourth-order valence-electron chi connectivity index (χ4n) is 2.18. The van der Waals surface area contributed by atoms with Crippen molar-refractivity contribution in [3.8, 4) is 5.75 Å². The SMILES string of the molecule is Cc1ccc(C(C)C)c2c1OCC[C@H]2O. The Morgan fingerprint density at radius 1 is 1.40 bits per heavy atom. The van der Waals surface area contributed by atoms with Gasteiger partial charge in [0.25, 0.3) is 0 Å². The minimum atomic E-state index is -0.356. The van der Waals surface area contributed by atoms with Crippen LogP contribution < -0.4 is 4.74 Å². The first-order chi connectivity index (χ1) is 7.11. The molecule has 1 aliphatic rings. The van der Waals surface area contributed by atoms with Crippen molar-refractivity contribution in [3.05, 3.63) is 28.8 Å². The molecule has 0 aliphatic carbocycles. The first-order valence-corrected chi connectivity index (χ1v) is 5.55. The topological polar surface area (TPSA) is 29.5 Å². The van der Waals surface area contributed by atoms with Crippen LogP contribution in [0.3, 0.4) is 0 Å². The molecule has 0 bridgehead atoms. The van der Waals surface area contributed by atoms with Crippen LogP contribution in [0.4, 0.5) is 0 Å². The molecular formula is C13H18O2. The van der Waals surface area contributed by atoms with E-state index in [1.54, 1.807) is 0 Å². The van der Waals surface area contributed by atoms with Gasteiger partial charge in [-0.15, -0.1) is 0 Å². The van der Waals surface area contributed by atoms with Crippen LogP contribution in [0, 0.1) is 6.92 Å². The summed E-state index contributed by atoms with van der Waals surface area (Å²) in [7, 11) is 0. The normalized spacial score (nSPS) is 19.9. The third-order valence-corrected chi connectivity index (χ3v) is 3.02. The van der Waals surface area contributed by atoms with Crippen LogP contribution in [0.1, 0.15) is 49.0 Å². The summed E-state index contributed by atoms with van der Waals surface area (Å²) in [5, 5.41) is 10.0. The predicted octanol–water partition coefficient (Wildman–Crippen LogP) is 2.93. The largest absolute Gasteiger partial charge is 0.493 e. The van der Waals surface area contributed by atoms with Crippen LogP contribution in [0.5, 0.6) is 5.75 Å². The van der Waals surface area contributed by atoms with Gasteiger partial charge < -0.3 is 9.84 Å². The van der Waals surface area contributed by atoms with Gasteiger partial charge >= 0.3 is 0 Å². The zero-order valence-electron chi connectivity index (χ0n) is 9.58. The molecule has 2 rings (SSSR count). The molecule has 0 unspecified atom stereocenters. The fourth-order valence-corrected chi connectivity index (χ4v) is 2.18. The quantitative estimate of drug-likeness (QED) is 0.765. The Bertz CT molecular complexity index is 369. The maximum Gasteiger partial charge on any atom is 0.128 e. The number of aliphatic hydroxyl groups is 1. The lowest BCUT2D eigenvalue weighted by Gasteiger charge is -2.27. The zero-order chi connectivity index (χ0) is 11.0. The number of rotatable bonds is 1. The van der Waals surface area contributed by atoms with Crippen molar-refractivity contribution < 1.29 is 9.84 Å². The van der Waals surface area contributed by atoms with Gasteiger partial charge in [-0.05, 0) is 24.0 Å². The Hall–Kier alpha value is -1.02. The molecule has 82 valence electrons. The summed E-state index contributed by atoms with van der Waals surface area (Å²) < 4.78 is 5.66. The standard InChI is InChI=1S/C13H18O2/c1-8(2)10-5-4-9(3)13-12(10)11(14)6-7-15-13/h4-5,8,11,14H,6-7H2,1-3H3/t11-/m1/s1. The van der Waals surface area contributed by atoms with Gasteiger partial charge in [0.05, 0.1) is 12.7 Å². The molecule has 1 aromatic carbocycles. The van der Waals surface area contributed by atoms with Crippen molar-refractivity contribution in [2.24, 2.45) is 0 Å². The Morgan fingerprint density at radius 3 is 2.80 bits per heavy atom. The van der Waals surface area contributed by atoms with E-state index < -0.39 is 0 Å². The minimum absolute atomic E-state index is 0.356. The average molecular weight is 206 g/mol. The van der Waals surface area contributed by atoms with E-state index in [2.05, 4.69) is 26.0 Å². The van der Waals surface area contributed by atoms with Crippen molar-refractivity contribution in [2.45, 2.75) is 39.2 Å². The molecule has 1 aliphatic heterocycles. The van der Waals surface area contributed by atoms with Crippen LogP contribution in [-0.2, 0) is 0 Å². The first kappa shape index (κ1) is 10.5. The molecule has 0 amide bonds. The molecule has 1 aromatic rings. The van der Waals surface area contributed by atoms with E-state index >= 15 is 0 Å². The van der Waals surface area contributed by atoms with E-state index in [0.717, 1.165) is 16.9 Å². The highest BCUT2D eigenvalue weighted by Crippen LogP contribution is 2.39. The van der Waals surface area contributed by atoms with Crippen LogP contribution in [0.25, 0.3) is 0 Å². The van der Waals surface area contributed by atoms with Crippen LogP contribution in [0.15, 0.2) is 12.1 Å². The van der Waals surface area contributed by atoms with Crippen LogP contribution in [0.2, 0.25) is 0 Å². The number of aliphatic hydroxyl groups excluding tert-OH is 1. The highest BCUT2D eigenvalue weighted by molar-refractivity contribution is 5.49. The molecule has 0 saturated carbocycles. The Balaban J connectivity index is 2.60. The number of hydrogen-bond acceptors (Lipinski definition) is 2. The third-order valence-electron chi connectivity index (χ3n) is 3.02. The molecule has 1 heterocycles. The van der Waals surface area contributed by atoms with Gasteiger partial charge in [0, 0.05) is 12.0 Å². The molecule has 2 nitrogen and oxygen atoms in total. The van der Waals surface area contributed by atoms with Crippen molar-refractivity contribution in [1.82, 2.24) is 0 Å². The van der Waals surface area contributed by atoms with E-state index in [9.17, 15) is 5.11 Å². The monoisotopic (exact) mass is 206 g/mol. The van der Waals surface area contributed by atoms with Gasteiger partial charge in [-0.3, -0.25) is 0 Å². The fraction of sp³-hybridized carbons (Fsp3) is 0.538. The van der Waals surface area contributed by atoms with Gasteiger partial charge in [-0.1, -0.05) is 26.0 Å². The second-order valence-electron chi connectivity index (χ2n) is 4.52. The number of aryl methyl sites for hydroxylation is 1. The van der Waals surface area contributed by atoms with Gasteiger partial charge in [0.2, 0.25) is 0 Å². The molecule has 2 heteroatoms. The molecule has 0 radical (unpaired) electrons. The van der Waals surface area contributed by atoms with E-state index in [-0.39, 0.29) is 6.10 Å². The van der Waals surface area contributed by atoms with E-state index in [4.69, 9.17) is 4.74 Å². The highest BCUT2D eigenvalue weighted by atomic mass is 16.5. The van der Waals surface area contributed by atoms with Crippen LogP contribution in [-0.4, -0.2) is 11.7 Å². The maximum absolute atomic E-state index is 10.0. The van der Waals surface area contributed by atoms with Crippen LogP contribution >= 0.6 is 0 Å². The second kappa shape index (κ2) is 3.86. The van der Waals surface area contributed by atoms with Crippen molar-refractivity contribution >= 4 is 0 Å². The summed E-state index contributed by atoms with van der Waals surface area (Å²) in [5.41, 5.74) is 3.34. The molecule has 0 spiro atoms. The van der Waals surface area contributed by atoms with Crippen molar-refractivity contribution in [2.75, 3.05) is 6.61 Å². The Kier molecular flexibility index (Phi) is 2.70. The summed E-state index contributed by atoms with van der Waals surface area (Å²) in [6.07, 6.45) is 0.349. The Labute approximate surface area is 90.9 Å². The average Bonchev–Trinajstić information content (AvgIpc) is 2.19. The molecule has 0 fully saturated rings. The molecule has 1 atom stereocenters. The lowest BCUT2D eigenvalue weighted by Crippen LogP contribution is -2.17. The van der Waals surface area contributed by atoms with Gasteiger partial charge in [0.15, 0.2) is 0 Å². The summed E-state index contributed by atoms with van der Waals surface area (Å²) in [6, 6.07) is 4.18. The summed E-state index contributed by atoms with van der Waals surface area (Å²) in [5.74, 6) is 1.33. The minimum Gasteiger partial charge on any atom is -0.493 e. The first-order valence-electron chi connectivity index (χ1n) is 5.55. The summed E-state index contributed by atoms with van der Waals surface area (Å²) >= 11 is 0. The summed E-state index contributed by atoms with van der Waals surface area (Å²) in [6.45, 7) is 6.94. The predicted molar refractivity (Wildman–Crippen MR) is 60.3 cm³/mol. The van der Waals surface area contributed by atoms with E-state index in [0.29, 0.717) is 18.9 Å². The number of benzene rings is 1. The van der Waals surface area contributed by atoms with Gasteiger partial charge in [0.1, 0.15) is 5.75 Å². The van der Waals surface area contributed by atoms with Gasteiger partial charge in [-0.2, -0.15) is 0 Å². The number of fused-ring (bicyclic) bond motifs is 1. The third kappa shape index (κ3) is 1.74.